The molecule has 0 spiro atoms. The molecule has 0 fully saturated rings. The Bertz CT molecular complexity index is 221. The summed E-state index contributed by atoms with van der Waals surface area (Å²) in [5, 5.41) is 0. The van der Waals surface area contributed by atoms with Crippen LogP contribution in [-0.4, -0.2) is 29.9 Å². The fourth-order valence-electron chi connectivity index (χ4n) is 2.15. The summed E-state index contributed by atoms with van der Waals surface area (Å²) in [6, 6.07) is -0.326. The molecule has 114 valence electrons. The zero-order valence-corrected chi connectivity index (χ0v) is 13.5. The van der Waals surface area contributed by atoms with Gasteiger partial charge in [0.1, 0.15) is 0 Å². The van der Waals surface area contributed by atoms with Gasteiger partial charge in [0, 0.05) is 13.1 Å². The molecule has 2 atom stereocenters. The van der Waals surface area contributed by atoms with Gasteiger partial charge in [0.25, 0.3) is 0 Å². The summed E-state index contributed by atoms with van der Waals surface area (Å²) >= 11 is 0. The van der Waals surface area contributed by atoms with E-state index in [1.54, 1.807) is 0 Å². The number of nitrogens with zero attached hydrogens (tertiary/aromatic N) is 1. The Morgan fingerprint density at radius 2 is 1.47 bits per heavy atom. The zero-order chi connectivity index (χ0) is 14.7. The fourth-order valence-corrected chi connectivity index (χ4v) is 2.15. The highest BCUT2D eigenvalue weighted by molar-refractivity contribution is 5.81. The summed E-state index contributed by atoms with van der Waals surface area (Å²) in [6.45, 7) is 10.3. The largest absolute Gasteiger partial charge is 0.341 e. The molecule has 0 aliphatic rings. The van der Waals surface area contributed by atoms with Crippen molar-refractivity contribution in [2.45, 2.75) is 78.7 Å². The minimum Gasteiger partial charge on any atom is -0.341 e. The van der Waals surface area contributed by atoms with Crippen molar-refractivity contribution < 1.29 is 4.79 Å². The quantitative estimate of drug-likeness (QED) is 0.583. The molecule has 0 aromatic rings. The van der Waals surface area contributed by atoms with Crippen molar-refractivity contribution >= 4 is 5.91 Å². The van der Waals surface area contributed by atoms with Crippen LogP contribution >= 0.6 is 0 Å². The molecule has 0 aromatic carbocycles. The van der Waals surface area contributed by atoms with Gasteiger partial charge in [0.15, 0.2) is 0 Å². The summed E-state index contributed by atoms with van der Waals surface area (Å²) in [7, 11) is 0. The minimum atomic E-state index is -0.326. The molecule has 0 heterocycles. The van der Waals surface area contributed by atoms with Gasteiger partial charge in [-0.3, -0.25) is 4.79 Å². The van der Waals surface area contributed by atoms with Crippen LogP contribution in [0.4, 0.5) is 0 Å². The van der Waals surface area contributed by atoms with Crippen molar-refractivity contribution in [3.8, 4) is 0 Å². The highest BCUT2D eigenvalue weighted by Crippen LogP contribution is 2.11. The van der Waals surface area contributed by atoms with Gasteiger partial charge in [-0.1, -0.05) is 59.8 Å². The molecule has 19 heavy (non-hydrogen) atoms. The standard InChI is InChI=1S/C16H34N2O/c1-5-8-10-12-18(13-11-9-6-2)16(19)15(17)14(4)7-3/h14-15H,5-13,17H2,1-4H3. The van der Waals surface area contributed by atoms with Crippen LogP contribution in [0.5, 0.6) is 0 Å². The second-order valence-electron chi connectivity index (χ2n) is 5.65. The molecule has 0 bridgehead atoms. The molecule has 2 N–H and O–H groups in total. The smallest absolute Gasteiger partial charge is 0.239 e. The van der Waals surface area contributed by atoms with Gasteiger partial charge < -0.3 is 10.6 Å². The molecule has 0 radical (unpaired) electrons. The molecule has 3 heteroatoms. The van der Waals surface area contributed by atoms with E-state index in [2.05, 4.69) is 27.7 Å². The summed E-state index contributed by atoms with van der Waals surface area (Å²) in [5.41, 5.74) is 6.09. The number of unbranched alkanes of at least 4 members (excludes halogenated alkanes) is 4. The highest BCUT2D eigenvalue weighted by atomic mass is 16.2. The predicted molar refractivity (Wildman–Crippen MR) is 83.1 cm³/mol. The van der Waals surface area contributed by atoms with Crippen LogP contribution in [0.15, 0.2) is 0 Å². The van der Waals surface area contributed by atoms with E-state index in [4.69, 9.17) is 5.73 Å². The first kappa shape index (κ1) is 18.4. The van der Waals surface area contributed by atoms with Gasteiger partial charge in [0.05, 0.1) is 6.04 Å². The lowest BCUT2D eigenvalue weighted by atomic mass is 9.98. The van der Waals surface area contributed by atoms with E-state index in [9.17, 15) is 4.79 Å². The lowest BCUT2D eigenvalue weighted by Crippen LogP contribution is -2.47. The zero-order valence-electron chi connectivity index (χ0n) is 13.5. The van der Waals surface area contributed by atoms with Crippen LogP contribution in [0.2, 0.25) is 0 Å². The van der Waals surface area contributed by atoms with Crippen LogP contribution in [0, 0.1) is 5.92 Å². The van der Waals surface area contributed by atoms with Gasteiger partial charge in [-0.05, 0) is 18.8 Å². The Hall–Kier alpha value is -0.570. The van der Waals surface area contributed by atoms with Crippen molar-refractivity contribution in [3.63, 3.8) is 0 Å². The molecule has 2 unspecified atom stereocenters. The normalized spacial score (nSPS) is 14.2. The predicted octanol–water partition coefficient (Wildman–Crippen LogP) is 3.57. The summed E-state index contributed by atoms with van der Waals surface area (Å²) in [6.07, 6.45) is 7.92. The summed E-state index contributed by atoms with van der Waals surface area (Å²) in [4.78, 5) is 14.4. The molecule has 3 nitrogen and oxygen atoms in total. The molecular weight excluding hydrogens is 236 g/mol. The molecule has 0 aromatic heterocycles. The van der Waals surface area contributed by atoms with E-state index in [1.807, 2.05) is 4.90 Å². The third kappa shape index (κ3) is 7.56. The number of hydrogen-bond donors (Lipinski definition) is 1. The molecule has 0 saturated heterocycles. The first-order chi connectivity index (χ1) is 9.08. The Balaban J connectivity index is 4.38. The van der Waals surface area contributed by atoms with Crippen molar-refractivity contribution in [2.24, 2.45) is 11.7 Å². The van der Waals surface area contributed by atoms with E-state index in [0.29, 0.717) is 0 Å². The average molecular weight is 270 g/mol. The maximum atomic E-state index is 12.4. The lowest BCUT2D eigenvalue weighted by Gasteiger charge is -2.28. The Kier molecular flexibility index (Phi) is 10.9. The van der Waals surface area contributed by atoms with E-state index in [0.717, 1.165) is 32.4 Å². The first-order valence-electron chi connectivity index (χ1n) is 8.12. The maximum Gasteiger partial charge on any atom is 0.239 e. The number of rotatable bonds is 11. The van der Waals surface area contributed by atoms with Crippen molar-refractivity contribution in [1.82, 2.24) is 4.90 Å². The number of hydrogen-bond acceptors (Lipinski definition) is 2. The molecule has 0 aliphatic heterocycles. The van der Waals surface area contributed by atoms with Gasteiger partial charge in [0.2, 0.25) is 5.91 Å². The van der Waals surface area contributed by atoms with Crippen LogP contribution in [-0.2, 0) is 4.79 Å². The first-order valence-corrected chi connectivity index (χ1v) is 8.12. The van der Waals surface area contributed by atoms with E-state index in [-0.39, 0.29) is 17.9 Å². The fraction of sp³-hybridized carbons (Fsp3) is 0.938. The van der Waals surface area contributed by atoms with E-state index in [1.165, 1.54) is 25.7 Å². The van der Waals surface area contributed by atoms with Gasteiger partial charge in [-0.15, -0.1) is 0 Å². The topological polar surface area (TPSA) is 46.3 Å². The molecule has 1 amide bonds. The highest BCUT2D eigenvalue weighted by Gasteiger charge is 2.24. The molecule has 0 aliphatic carbocycles. The number of carbonyl (C=O) groups is 1. The van der Waals surface area contributed by atoms with Gasteiger partial charge in [-0.25, -0.2) is 0 Å². The van der Waals surface area contributed by atoms with Gasteiger partial charge in [-0.2, -0.15) is 0 Å². The van der Waals surface area contributed by atoms with Crippen molar-refractivity contribution in [1.29, 1.82) is 0 Å². The van der Waals surface area contributed by atoms with E-state index < -0.39 is 0 Å². The summed E-state index contributed by atoms with van der Waals surface area (Å²) in [5.74, 6) is 0.425. The lowest BCUT2D eigenvalue weighted by molar-refractivity contribution is -0.134. The molecule has 0 rings (SSSR count). The van der Waals surface area contributed by atoms with Crippen molar-refractivity contribution in [3.05, 3.63) is 0 Å². The number of carbonyl (C=O) groups excluding carboxylic acids is 1. The second kappa shape index (κ2) is 11.3. The minimum absolute atomic E-state index is 0.154. The van der Waals surface area contributed by atoms with Crippen LogP contribution in [0.1, 0.15) is 72.6 Å². The van der Waals surface area contributed by atoms with Crippen LogP contribution in [0.25, 0.3) is 0 Å². The number of nitrogens with two attached hydrogens (primary N) is 1. The third-order valence-electron chi connectivity index (χ3n) is 3.92. The summed E-state index contributed by atoms with van der Waals surface area (Å²) < 4.78 is 0. The average Bonchev–Trinajstić information content (AvgIpc) is 2.43. The maximum absolute atomic E-state index is 12.4. The van der Waals surface area contributed by atoms with E-state index >= 15 is 0 Å². The Morgan fingerprint density at radius 3 is 1.84 bits per heavy atom. The van der Waals surface area contributed by atoms with Gasteiger partial charge >= 0.3 is 0 Å². The third-order valence-corrected chi connectivity index (χ3v) is 3.92. The monoisotopic (exact) mass is 270 g/mol. The number of amides is 1. The SMILES string of the molecule is CCCCCN(CCCCC)C(=O)C(N)C(C)CC. The molecule has 0 saturated carbocycles. The Morgan fingerprint density at radius 1 is 1.00 bits per heavy atom. The van der Waals surface area contributed by atoms with Crippen molar-refractivity contribution in [2.75, 3.05) is 13.1 Å². The Labute approximate surface area is 119 Å². The van der Waals surface area contributed by atoms with Crippen LogP contribution in [0.3, 0.4) is 0 Å². The van der Waals surface area contributed by atoms with Crippen LogP contribution < -0.4 is 5.73 Å². The second-order valence-corrected chi connectivity index (χ2v) is 5.65. The molecular formula is C16H34N2O.